The normalized spacial score (nSPS) is 19.7. The number of aromatic nitrogens is 4. The summed E-state index contributed by atoms with van der Waals surface area (Å²) in [6.45, 7) is 3.56. The smallest absolute Gasteiger partial charge is 0.266 e. The quantitative estimate of drug-likeness (QED) is 0.715. The lowest BCUT2D eigenvalue weighted by Crippen LogP contribution is -2.38. The van der Waals surface area contributed by atoms with E-state index in [2.05, 4.69) is 10.00 Å². The molecule has 3 heterocycles. The summed E-state index contributed by atoms with van der Waals surface area (Å²) >= 11 is 0. The molecule has 6 heteroatoms. The predicted octanol–water partition coefficient (Wildman–Crippen LogP) is 3.04. The van der Waals surface area contributed by atoms with E-state index >= 15 is 0 Å². The Labute approximate surface area is 157 Å². The van der Waals surface area contributed by atoms with Crippen molar-refractivity contribution in [3.8, 4) is 0 Å². The largest absolute Gasteiger partial charge is 0.350 e. The van der Waals surface area contributed by atoms with Gasteiger partial charge in [0.1, 0.15) is 0 Å². The Morgan fingerprint density at radius 1 is 1.04 bits per heavy atom. The highest BCUT2D eigenvalue weighted by Gasteiger charge is 2.30. The Kier molecular flexibility index (Phi) is 3.92. The topological polar surface area (TPSA) is 63.9 Å². The van der Waals surface area contributed by atoms with Crippen LogP contribution in [0.2, 0.25) is 0 Å². The molecule has 0 spiro atoms. The van der Waals surface area contributed by atoms with Gasteiger partial charge in [0.05, 0.1) is 35.0 Å². The molecular weight excluding hydrogens is 338 g/mol. The molecular formula is C21H23N5O. The second kappa shape index (κ2) is 6.44. The van der Waals surface area contributed by atoms with Crippen molar-refractivity contribution in [1.29, 1.82) is 0 Å². The zero-order valence-electron chi connectivity index (χ0n) is 15.5. The summed E-state index contributed by atoms with van der Waals surface area (Å²) < 4.78 is 1.65. The van der Waals surface area contributed by atoms with Gasteiger partial charge in [-0.3, -0.25) is 4.79 Å². The van der Waals surface area contributed by atoms with Crippen LogP contribution < -0.4 is 10.5 Å². The molecule has 0 amide bonds. The summed E-state index contributed by atoms with van der Waals surface area (Å²) in [6, 6.07) is 11.8. The number of nitrogens with zero attached hydrogens (tertiary/aromatic N) is 5. The minimum absolute atomic E-state index is 0.0208. The molecule has 0 bridgehead atoms. The van der Waals surface area contributed by atoms with E-state index < -0.39 is 0 Å². The second-order valence-corrected chi connectivity index (χ2v) is 7.66. The van der Waals surface area contributed by atoms with E-state index in [0.29, 0.717) is 12.5 Å². The Morgan fingerprint density at radius 2 is 1.81 bits per heavy atom. The Morgan fingerprint density at radius 3 is 2.59 bits per heavy atom. The highest BCUT2D eigenvalue weighted by Crippen LogP contribution is 2.38. The zero-order chi connectivity index (χ0) is 18.4. The maximum Gasteiger partial charge on any atom is 0.266 e. The fraction of sp³-hybridized carbons (Fsp3) is 0.429. The second-order valence-electron chi connectivity index (χ2n) is 7.66. The minimum Gasteiger partial charge on any atom is -0.350 e. The SMILES string of the molecule is Cc1nc2ccccc2nc1N1CCCC1Cn1nc(C2CC2)ccc1=O. The molecule has 1 aromatic carbocycles. The van der Waals surface area contributed by atoms with Crippen molar-refractivity contribution in [1.82, 2.24) is 19.7 Å². The van der Waals surface area contributed by atoms with E-state index in [4.69, 9.17) is 9.97 Å². The van der Waals surface area contributed by atoms with E-state index in [9.17, 15) is 4.79 Å². The van der Waals surface area contributed by atoms with Gasteiger partial charge in [0.15, 0.2) is 5.82 Å². The Hall–Kier alpha value is -2.76. The number of fused-ring (bicyclic) bond motifs is 1. The van der Waals surface area contributed by atoms with Crippen molar-refractivity contribution in [3.63, 3.8) is 0 Å². The first-order valence-electron chi connectivity index (χ1n) is 9.77. The molecule has 2 aliphatic rings. The van der Waals surface area contributed by atoms with Crippen molar-refractivity contribution in [2.24, 2.45) is 0 Å². The van der Waals surface area contributed by atoms with Crippen LogP contribution in [0.15, 0.2) is 41.2 Å². The van der Waals surface area contributed by atoms with Crippen LogP contribution in [0.3, 0.4) is 0 Å². The maximum absolute atomic E-state index is 12.3. The van der Waals surface area contributed by atoms with E-state index in [0.717, 1.165) is 47.6 Å². The molecule has 5 rings (SSSR count). The molecule has 1 atom stereocenters. The number of hydrogen-bond acceptors (Lipinski definition) is 5. The third-order valence-electron chi connectivity index (χ3n) is 5.64. The average Bonchev–Trinajstić information content (AvgIpc) is 3.42. The highest BCUT2D eigenvalue weighted by atomic mass is 16.1. The number of anilines is 1. The molecule has 3 aromatic rings. The van der Waals surface area contributed by atoms with Crippen molar-refractivity contribution in [3.05, 3.63) is 58.1 Å². The van der Waals surface area contributed by atoms with Gasteiger partial charge >= 0.3 is 0 Å². The fourth-order valence-corrected chi connectivity index (χ4v) is 4.05. The molecule has 6 nitrogen and oxygen atoms in total. The summed E-state index contributed by atoms with van der Waals surface area (Å²) in [7, 11) is 0. The first kappa shape index (κ1) is 16.4. The van der Waals surface area contributed by atoms with Gasteiger partial charge in [-0.05, 0) is 50.8 Å². The van der Waals surface area contributed by atoms with Crippen molar-refractivity contribution < 1.29 is 0 Å². The molecule has 2 aromatic heterocycles. The summed E-state index contributed by atoms with van der Waals surface area (Å²) in [5.74, 6) is 1.48. The molecule has 1 unspecified atom stereocenters. The number of rotatable bonds is 4. The third-order valence-corrected chi connectivity index (χ3v) is 5.64. The van der Waals surface area contributed by atoms with Crippen LogP contribution in [0.1, 0.15) is 43.0 Å². The van der Waals surface area contributed by atoms with Crippen LogP contribution in [0.5, 0.6) is 0 Å². The fourth-order valence-electron chi connectivity index (χ4n) is 4.05. The van der Waals surface area contributed by atoms with Gasteiger partial charge in [-0.25, -0.2) is 14.6 Å². The van der Waals surface area contributed by atoms with Crippen molar-refractivity contribution in [2.45, 2.75) is 51.1 Å². The molecule has 2 fully saturated rings. The molecule has 1 saturated heterocycles. The van der Waals surface area contributed by atoms with Gasteiger partial charge in [0.2, 0.25) is 0 Å². The predicted molar refractivity (Wildman–Crippen MR) is 105 cm³/mol. The first-order valence-corrected chi connectivity index (χ1v) is 9.77. The summed E-state index contributed by atoms with van der Waals surface area (Å²) in [4.78, 5) is 24.3. The number of benzene rings is 1. The molecule has 27 heavy (non-hydrogen) atoms. The van der Waals surface area contributed by atoms with Crippen LogP contribution in [0.4, 0.5) is 5.82 Å². The zero-order valence-corrected chi connectivity index (χ0v) is 15.5. The molecule has 0 N–H and O–H groups in total. The van der Waals surface area contributed by atoms with Crippen molar-refractivity contribution >= 4 is 16.9 Å². The van der Waals surface area contributed by atoms with Crippen LogP contribution >= 0.6 is 0 Å². The van der Waals surface area contributed by atoms with Crippen LogP contribution in [0, 0.1) is 6.92 Å². The highest BCUT2D eigenvalue weighted by molar-refractivity contribution is 5.76. The lowest BCUT2D eigenvalue weighted by atomic mass is 10.2. The first-order chi connectivity index (χ1) is 13.2. The van der Waals surface area contributed by atoms with Gasteiger partial charge in [0.25, 0.3) is 5.56 Å². The Bertz CT molecular complexity index is 1060. The number of hydrogen-bond donors (Lipinski definition) is 0. The van der Waals surface area contributed by atoms with E-state index in [1.54, 1.807) is 10.7 Å². The van der Waals surface area contributed by atoms with Gasteiger partial charge in [-0.1, -0.05) is 12.1 Å². The van der Waals surface area contributed by atoms with E-state index in [1.807, 2.05) is 37.3 Å². The monoisotopic (exact) mass is 361 g/mol. The molecule has 138 valence electrons. The van der Waals surface area contributed by atoms with Crippen LogP contribution in [-0.2, 0) is 6.54 Å². The molecule has 1 aliphatic heterocycles. The van der Waals surface area contributed by atoms with E-state index in [1.165, 1.54) is 12.8 Å². The van der Waals surface area contributed by atoms with E-state index in [-0.39, 0.29) is 11.6 Å². The van der Waals surface area contributed by atoms with Gasteiger partial charge in [-0.15, -0.1) is 0 Å². The van der Waals surface area contributed by atoms with Gasteiger partial charge in [0, 0.05) is 18.5 Å². The average molecular weight is 361 g/mol. The minimum atomic E-state index is -0.0208. The van der Waals surface area contributed by atoms with Crippen LogP contribution in [-0.4, -0.2) is 32.3 Å². The third kappa shape index (κ3) is 3.09. The maximum atomic E-state index is 12.3. The lowest BCUT2D eigenvalue weighted by molar-refractivity contribution is 0.480. The van der Waals surface area contributed by atoms with Gasteiger partial charge < -0.3 is 4.90 Å². The number of para-hydroxylation sites is 2. The summed E-state index contributed by atoms with van der Waals surface area (Å²) in [5, 5.41) is 4.64. The summed E-state index contributed by atoms with van der Waals surface area (Å²) in [6.07, 6.45) is 4.50. The molecule has 0 radical (unpaired) electrons. The van der Waals surface area contributed by atoms with Gasteiger partial charge in [-0.2, -0.15) is 5.10 Å². The number of aryl methyl sites for hydroxylation is 1. The van der Waals surface area contributed by atoms with Crippen LogP contribution in [0.25, 0.3) is 11.0 Å². The lowest BCUT2D eigenvalue weighted by Gasteiger charge is -2.27. The Balaban J connectivity index is 1.47. The molecule has 1 aliphatic carbocycles. The summed E-state index contributed by atoms with van der Waals surface area (Å²) in [5.41, 5.74) is 3.81. The molecule has 1 saturated carbocycles. The standard InChI is InChI=1S/C21H23N5O/c1-14-21(23-19-7-3-2-6-18(19)22-14)25-12-4-5-16(25)13-26-20(27)11-10-17(24-26)15-8-9-15/h2-3,6-7,10-11,15-16H,4-5,8-9,12-13H2,1H3. The van der Waals surface area contributed by atoms with Crippen molar-refractivity contribution in [2.75, 3.05) is 11.4 Å².